The number of rotatable bonds is 10. The topological polar surface area (TPSA) is 65.0 Å². The monoisotopic (exact) mass is 376 g/mol. The Hall–Kier alpha value is -2.01. The summed E-state index contributed by atoms with van der Waals surface area (Å²) in [5, 5.41) is 10.3. The standard InChI is InChI=1S/C22H32O5/c1-16(12-13-19(24)17-8-5-4-6-9-17)14-18(23)15-27-21-11-7-10-20(25-2)22(21)26-3/h7,10-13,16-18,23H,4-6,8-9,14-15H2,1-3H3/b13-12+. The number of carbonyl (C=O) groups excluding carboxylic acids is 1. The van der Waals surface area contributed by atoms with E-state index in [1.165, 1.54) is 6.42 Å². The molecule has 2 unspecified atom stereocenters. The van der Waals surface area contributed by atoms with E-state index in [0.717, 1.165) is 25.7 Å². The van der Waals surface area contributed by atoms with Crippen molar-refractivity contribution in [3.05, 3.63) is 30.4 Å². The van der Waals surface area contributed by atoms with E-state index < -0.39 is 6.10 Å². The molecule has 1 aliphatic rings. The predicted octanol–water partition coefficient (Wildman–Crippen LogP) is 4.18. The summed E-state index contributed by atoms with van der Waals surface area (Å²) in [5.74, 6) is 2.15. The summed E-state index contributed by atoms with van der Waals surface area (Å²) in [4.78, 5) is 12.2. The van der Waals surface area contributed by atoms with Crippen LogP contribution >= 0.6 is 0 Å². The molecular weight excluding hydrogens is 344 g/mol. The third kappa shape index (κ3) is 6.58. The second-order valence-electron chi connectivity index (χ2n) is 7.27. The van der Waals surface area contributed by atoms with Crippen LogP contribution < -0.4 is 14.2 Å². The SMILES string of the molecule is COc1cccc(OCC(O)CC(C)/C=C/C(=O)C2CCCCC2)c1OC. The Balaban J connectivity index is 1.80. The summed E-state index contributed by atoms with van der Waals surface area (Å²) in [6.45, 7) is 2.15. The van der Waals surface area contributed by atoms with Crippen LogP contribution in [0.25, 0.3) is 0 Å². The quantitative estimate of drug-likeness (QED) is 0.621. The molecule has 1 N–H and O–H groups in total. The van der Waals surface area contributed by atoms with Gasteiger partial charge in [-0.05, 0) is 43.4 Å². The number of hydrogen-bond donors (Lipinski definition) is 1. The summed E-state index contributed by atoms with van der Waals surface area (Å²) >= 11 is 0. The average molecular weight is 376 g/mol. The van der Waals surface area contributed by atoms with Crippen molar-refractivity contribution in [2.24, 2.45) is 11.8 Å². The van der Waals surface area contributed by atoms with Gasteiger partial charge in [0.2, 0.25) is 5.75 Å². The van der Waals surface area contributed by atoms with Crippen molar-refractivity contribution < 1.29 is 24.1 Å². The van der Waals surface area contributed by atoms with Crippen LogP contribution in [-0.2, 0) is 4.79 Å². The molecule has 2 atom stereocenters. The number of ketones is 1. The fourth-order valence-corrected chi connectivity index (χ4v) is 3.52. The van der Waals surface area contributed by atoms with E-state index in [2.05, 4.69) is 0 Å². The van der Waals surface area contributed by atoms with Crippen molar-refractivity contribution in [1.82, 2.24) is 0 Å². The highest BCUT2D eigenvalue weighted by Crippen LogP contribution is 2.36. The fourth-order valence-electron chi connectivity index (χ4n) is 3.52. The maximum absolute atomic E-state index is 12.2. The van der Waals surface area contributed by atoms with E-state index >= 15 is 0 Å². The van der Waals surface area contributed by atoms with E-state index in [1.807, 2.05) is 19.1 Å². The molecule has 1 saturated carbocycles. The lowest BCUT2D eigenvalue weighted by Crippen LogP contribution is -2.20. The Kier molecular flexibility index (Phi) is 8.65. The number of aliphatic hydroxyl groups is 1. The number of aliphatic hydroxyl groups excluding tert-OH is 1. The number of carbonyl (C=O) groups is 1. The summed E-state index contributed by atoms with van der Waals surface area (Å²) < 4.78 is 16.3. The van der Waals surface area contributed by atoms with Crippen molar-refractivity contribution in [3.63, 3.8) is 0 Å². The van der Waals surface area contributed by atoms with Crippen molar-refractivity contribution in [2.75, 3.05) is 20.8 Å². The van der Waals surface area contributed by atoms with E-state index in [1.54, 1.807) is 32.4 Å². The van der Waals surface area contributed by atoms with Crippen molar-refractivity contribution >= 4 is 5.78 Å². The summed E-state index contributed by atoms with van der Waals surface area (Å²) in [7, 11) is 3.12. The molecule has 1 fully saturated rings. The molecule has 0 spiro atoms. The van der Waals surface area contributed by atoms with Crippen molar-refractivity contribution in [2.45, 2.75) is 51.6 Å². The van der Waals surface area contributed by atoms with Crippen LogP contribution in [0.2, 0.25) is 0 Å². The highest BCUT2D eigenvalue weighted by molar-refractivity contribution is 5.91. The molecule has 27 heavy (non-hydrogen) atoms. The van der Waals surface area contributed by atoms with Crippen LogP contribution in [0.1, 0.15) is 45.4 Å². The Morgan fingerprint density at radius 1 is 1.19 bits per heavy atom. The molecule has 5 nitrogen and oxygen atoms in total. The first-order chi connectivity index (χ1) is 13.0. The molecule has 0 amide bonds. The lowest BCUT2D eigenvalue weighted by Gasteiger charge is -2.19. The summed E-state index contributed by atoms with van der Waals surface area (Å²) in [6.07, 6.45) is 9.09. The van der Waals surface area contributed by atoms with Crippen LogP contribution in [0.5, 0.6) is 17.2 Å². The predicted molar refractivity (Wildman–Crippen MR) is 106 cm³/mol. The minimum Gasteiger partial charge on any atom is -0.493 e. The van der Waals surface area contributed by atoms with Crippen LogP contribution in [0.4, 0.5) is 0 Å². The molecule has 1 aromatic carbocycles. The van der Waals surface area contributed by atoms with Gasteiger partial charge in [0.1, 0.15) is 6.61 Å². The number of hydrogen-bond acceptors (Lipinski definition) is 5. The first-order valence-corrected chi connectivity index (χ1v) is 9.79. The lowest BCUT2D eigenvalue weighted by atomic mass is 9.86. The zero-order valence-electron chi connectivity index (χ0n) is 16.6. The molecule has 150 valence electrons. The first-order valence-electron chi connectivity index (χ1n) is 9.79. The maximum atomic E-state index is 12.2. The van der Waals surface area contributed by atoms with Gasteiger partial charge in [-0.25, -0.2) is 0 Å². The molecule has 0 radical (unpaired) electrons. The van der Waals surface area contributed by atoms with E-state index in [4.69, 9.17) is 14.2 Å². The van der Waals surface area contributed by atoms with Gasteiger partial charge in [-0.3, -0.25) is 4.79 Å². The van der Waals surface area contributed by atoms with Gasteiger partial charge in [-0.15, -0.1) is 0 Å². The van der Waals surface area contributed by atoms with Crippen molar-refractivity contribution in [1.29, 1.82) is 0 Å². The van der Waals surface area contributed by atoms with Gasteiger partial charge < -0.3 is 19.3 Å². The van der Waals surface area contributed by atoms with Gasteiger partial charge in [-0.1, -0.05) is 38.3 Å². The molecule has 0 heterocycles. The molecule has 1 aliphatic carbocycles. The largest absolute Gasteiger partial charge is 0.493 e. The molecule has 2 rings (SSSR count). The molecule has 1 aromatic rings. The molecule has 0 saturated heterocycles. The Bertz CT molecular complexity index is 619. The second kappa shape index (κ2) is 11.0. The first kappa shape index (κ1) is 21.3. The van der Waals surface area contributed by atoms with Gasteiger partial charge in [0, 0.05) is 5.92 Å². The average Bonchev–Trinajstić information content (AvgIpc) is 2.70. The van der Waals surface area contributed by atoms with Crippen LogP contribution in [0.15, 0.2) is 30.4 Å². The van der Waals surface area contributed by atoms with Gasteiger partial charge in [0.05, 0.1) is 20.3 Å². The zero-order valence-corrected chi connectivity index (χ0v) is 16.6. The molecule has 5 heteroatoms. The van der Waals surface area contributed by atoms with Gasteiger partial charge in [-0.2, -0.15) is 0 Å². The van der Waals surface area contributed by atoms with E-state index in [0.29, 0.717) is 23.7 Å². The highest BCUT2D eigenvalue weighted by atomic mass is 16.5. The zero-order chi connectivity index (χ0) is 19.6. The molecule has 0 aliphatic heterocycles. The van der Waals surface area contributed by atoms with Crippen LogP contribution in [0, 0.1) is 11.8 Å². The Morgan fingerprint density at radius 2 is 1.89 bits per heavy atom. The van der Waals surface area contributed by atoms with E-state index in [9.17, 15) is 9.90 Å². The van der Waals surface area contributed by atoms with Crippen LogP contribution in [-0.4, -0.2) is 37.8 Å². The van der Waals surface area contributed by atoms with E-state index in [-0.39, 0.29) is 24.2 Å². The number of allylic oxidation sites excluding steroid dienone is 2. The van der Waals surface area contributed by atoms with Gasteiger partial charge in [0.15, 0.2) is 17.3 Å². The molecular formula is C22H32O5. The summed E-state index contributed by atoms with van der Waals surface area (Å²) in [6, 6.07) is 5.38. The van der Waals surface area contributed by atoms with Crippen molar-refractivity contribution in [3.8, 4) is 17.2 Å². The third-order valence-electron chi connectivity index (χ3n) is 5.04. The minimum absolute atomic E-state index is 0.100. The Labute approximate surface area is 162 Å². The number of ether oxygens (including phenoxy) is 3. The highest BCUT2D eigenvalue weighted by Gasteiger charge is 2.19. The fraction of sp³-hybridized carbons (Fsp3) is 0.591. The second-order valence-corrected chi connectivity index (χ2v) is 7.27. The van der Waals surface area contributed by atoms with Gasteiger partial charge >= 0.3 is 0 Å². The minimum atomic E-state index is -0.634. The number of benzene rings is 1. The third-order valence-corrected chi connectivity index (χ3v) is 5.04. The summed E-state index contributed by atoms with van der Waals surface area (Å²) in [5.41, 5.74) is 0. The molecule has 0 aromatic heterocycles. The lowest BCUT2D eigenvalue weighted by molar-refractivity contribution is -0.119. The van der Waals surface area contributed by atoms with Crippen LogP contribution in [0.3, 0.4) is 0 Å². The molecule has 0 bridgehead atoms. The number of methoxy groups -OCH3 is 2. The maximum Gasteiger partial charge on any atom is 0.203 e. The smallest absolute Gasteiger partial charge is 0.203 e. The normalized spacial score (nSPS) is 17.5. The van der Waals surface area contributed by atoms with Gasteiger partial charge in [0.25, 0.3) is 0 Å². The number of para-hydroxylation sites is 1. The Morgan fingerprint density at radius 3 is 2.56 bits per heavy atom.